The number of halogens is 1. The standard InChI is InChI=1S/C14H17ClN2O2/c1-14(2,3)19-13(18)17-8-5-4-6-11-10-16-9-7-12(11)15/h7,9-10H,5,8H2,1-3H3,(H,17,18). The summed E-state index contributed by atoms with van der Waals surface area (Å²) < 4.78 is 5.09. The summed E-state index contributed by atoms with van der Waals surface area (Å²) in [6, 6.07) is 1.69. The summed E-state index contributed by atoms with van der Waals surface area (Å²) in [7, 11) is 0. The molecule has 0 spiro atoms. The minimum Gasteiger partial charge on any atom is -0.444 e. The quantitative estimate of drug-likeness (QED) is 0.669. The highest BCUT2D eigenvalue weighted by molar-refractivity contribution is 6.31. The van der Waals surface area contributed by atoms with E-state index in [1.807, 2.05) is 20.8 Å². The van der Waals surface area contributed by atoms with E-state index < -0.39 is 11.7 Å². The molecule has 0 fully saturated rings. The Balaban J connectivity index is 2.33. The maximum absolute atomic E-state index is 11.3. The van der Waals surface area contributed by atoms with E-state index >= 15 is 0 Å². The van der Waals surface area contributed by atoms with Crippen LogP contribution in [-0.4, -0.2) is 23.2 Å². The van der Waals surface area contributed by atoms with Crippen LogP contribution in [0.25, 0.3) is 0 Å². The van der Waals surface area contributed by atoms with Crippen molar-refractivity contribution in [2.75, 3.05) is 6.54 Å². The zero-order chi connectivity index (χ0) is 14.3. The fraction of sp³-hybridized carbons (Fsp3) is 0.429. The number of nitrogens with zero attached hydrogens (tertiary/aromatic N) is 1. The third-order valence-electron chi connectivity index (χ3n) is 1.91. The van der Waals surface area contributed by atoms with Gasteiger partial charge >= 0.3 is 6.09 Å². The van der Waals surface area contributed by atoms with Crippen LogP contribution in [0.2, 0.25) is 5.02 Å². The second-order valence-electron chi connectivity index (χ2n) is 4.84. The van der Waals surface area contributed by atoms with Gasteiger partial charge in [0.15, 0.2) is 0 Å². The summed E-state index contributed by atoms with van der Waals surface area (Å²) in [4.78, 5) is 15.3. The number of ether oxygens (including phenoxy) is 1. The molecule has 0 radical (unpaired) electrons. The van der Waals surface area contributed by atoms with Crippen LogP contribution < -0.4 is 5.32 Å². The van der Waals surface area contributed by atoms with Gasteiger partial charge in [-0.25, -0.2) is 4.79 Å². The minimum absolute atomic E-state index is 0.430. The van der Waals surface area contributed by atoms with E-state index in [1.54, 1.807) is 18.5 Å². The average molecular weight is 281 g/mol. The van der Waals surface area contributed by atoms with Gasteiger partial charge in [-0.15, -0.1) is 0 Å². The first-order valence-corrected chi connectivity index (χ1v) is 6.31. The molecule has 1 heterocycles. The number of carbonyl (C=O) groups is 1. The van der Waals surface area contributed by atoms with Crippen molar-refractivity contribution in [2.24, 2.45) is 0 Å². The summed E-state index contributed by atoms with van der Waals surface area (Å²) in [5.74, 6) is 5.81. The molecule has 19 heavy (non-hydrogen) atoms. The number of hydrogen-bond donors (Lipinski definition) is 1. The van der Waals surface area contributed by atoms with Gasteiger partial charge in [0, 0.05) is 25.4 Å². The maximum Gasteiger partial charge on any atom is 0.407 e. The molecule has 0 aliphatic heterocycles. The first kappa shape index (κ1) is 15.3. The Bertz CT molecular complexity index is 498. The lowest BCUT2D eigenvalue weighted by Gasteiger charge is -2.19. The van der Waals surface area contributed by atoms with Crippen LogP contribution in [0.15, 0.2) is 18.5 Å². The van der Waals surface area contributed by atoms with Crippen LogP contribution in [0.4, 0.5) is 4.79 Å². The molecule has 0 aliphatic rings. The lowest BCUT2D eigenvalue weighted by atomic mass is 10.2. The highest BCUT2D eigenvalue weighted by Gasteiger charge is 2.15. The normalized spacial score (nSPS) is 10.3. The van der Waals surface area contributed by atoms with Gasteiger partial charge in [-0.2, -0.15) is 0 Å². The second-order valence-corrected chi connectivity index (χ2v) is 5.24. The summed E-state index contributed by atoms with van der Waals surface area (Å²) in [5, 5.41) is 3.20. The van der Waals surface area contributed by atoms with E-state index in [1.165, 1.54) is 0 Å². The third-order valence-corrected chi connectivity index (χ3v) is 2.24. The molecule has 102 valence electrons. The average Bonchev–Trinajstić information content (AvgIpc) is 2.28. The predicted octanol–water partition coefficient (Wildman–Crippen LogP) is 3.00. The van der Waals surface area contributed by atoms with E-state index in [-0.39, 0.29) is 0 Å². The fourth-order valence-electron chi connectivity index (χ4n) is 1.17. The Kier molecular flexibility index (Phi) is 5.65. The molecule has 0 aliphatic carbocycles. The molecule has 1 aromatic heterocycles. The van der Waals surface area contributed by atoms with E-state index in [2.05, 4.69) is 22.1 Å². The molecular weight excluding hydrogens is 264 g/mol. The Morgan fingerprint density at radius 1 is 1.53 bits per heavy atom. The number of amides is 1. The van der Waals surface area contributed by atoms with Gasteiger partial charge in [-0.05, 0) is 26.8 Å². The minimum atomic E-state index is -0.487. The number of aromatic nitrogens is 1. The van der Waals surface area contributed by atoms with Crippen LogP contribution in [0.5, 0.6) is 0 Å². The van der Waals surface area contributed by atoms with Crippen LogP contribution >= 0.6 is 11.6 Å². The molecule has 0 unspecified atom stereocenters. The summed E-state index contributed by atoms with van der Waals surface area (Å²) in [6.45, 7) is 5.88. The first-order valence-electron chi connectivity index (χ1n) is 5.94. The van der Waals surface area contributed by atoms with Gasteiger partial charge in [-0.3, -0.25) is 4.98 Å². The van der Waals surface area contributed by atoms with Crippen molar-refractivity contribution in [1.82, 2.24) is 10.3 Å². The van der Waals surface area contributed by atoms with E-state index in [0.717, 1.165) is 0 Å². The zero-order valence-corrected chi connectivity index (χ0v) is 12.0. The van der Waals surface area contributed by atoms with Crippen molar-refractivity contribution >= 4 is 17.7 Å². The molecule has 5 heteroatoms. The number of rotatable bonds is 2. The number of hydrogen-bond acceptors (Lipinski definition) is 3. The number of nitrogens with one attached hydrogen (secondary N) is 1. The summed E-state index contributed by atoms with van der Waals surface area (Å²) >= 11 is 5.93. The zero-order valence-electron chi connectivity index (χ0n) is 11.3. The topological polar surface area (TPSA) is 51.2 Å². The fourth-order valence-corrected chi connectivity index (χ4v) is 1.32. The Morgan fingerprint density at radius 2 is 2.26 bits per heavy atom. The summed E-state index contributed by atoms with van der Waals surface area (Å²) in [5.41, 5.74) is 0.195. The monoisotopic (exact) mass is 280 g/mol. The Hall–Kier alpha value is -1.73. The largest absolute Gasteiger partial charge is 0.444 e. The van der Waals surface area contributed by atoms with Gasteiger partial charge in [0.25, 0.3) is 0 Å². The number of alkyl carbamates (subject to hydrolysis) is 1. The van der Waals surface area contributed by atoms with Gasteiger partial charge in [0.1, 0.15) is 5.60 Å². The first-order chi connectivity index (χ1) is 8.88. The molecule has 0 aromatic carbocycles. The molecule has 0 atom stereocenters. The molecule has 1 rings (SSSR count). The lowest BCUT2D eigenvalue weighted by molar-refractivity contribution is 0.0529. The van der Waals surface area contributed by atoms with Crippen LogP contribution in [-0.2, 0) is 4.74 Å². The van der Waals surface area contributed by atoms with Crippen molar-refractivity contribution in [3.8, 4) is 11.8 Å². The van der Waals surface area contributed by atoms with Gasteiger partial charge in [-0.1, -0.05) is 23.4 Å². The Labute approximate surface area is 118 Å². The highest BCUT2D eigenvalue weighted by atomic mass is 35.5. The summed E-state index contributed by atoms with van der Waals surface area (Å²) in [6.07, 6.45) is 3.30. The second kappa shape index (κ2) is 7.01. The molecule has 0 saturated heterocycles. The van der Waals surface area contributed by atoms with Crippen molar-refractivity contribution in [3.05, 3.63) is 29.0 Å². The van der Waals surface area contributed by atoms with Gasteiger partial charge in [0.05, 0.1) is 10.6 Å². The van der Waals surface area contributed by atoms with Crippen LogP contribution in [0, 0.1) is 11.8 Å². The highest BCUT2D eigenvalue weighted by Crippen LogP contribution is 2.11. The van der Waals surface area contributed by atoms with Gasteiger partial charge < -0.3 is 10.1 Å². The predicted molar refractivity (Wildman–Crippen MR) is 75.0 cm³/mol. The molecular formula is C14H17ClN2O2. The molecule has 1 N–H and O–H groups in total. The molecule has 1 amide bonds. The number of pyridine rings is 1. The Morgan fingerprint density at radius 3 is 2.89 bits per heavy atom. The van der Waals surface area contributed by atoms with Crippen LogP contribution in [0.3, 0.4) is 0 Å². The van der Waals surface area contributed by atoms with E-state index in [9.17, 15) is 4.79 Å². The van der Waals surface area contributed by atoms with E-state index in [0.29, 0.717) is 23.6 Å². The molecule has 4 nitrogen and oxygen atoms in total. The SMILES string of the molecule is CC(C)(C)OC(=O)NCCC#Cc1cnccc1Cl. The van der Waals surface area contributed by atoms with Crippen LogP contribution in [0.1, 0.15) is 32.8 Å². The van der Waals surface area contributed by atoms with Crippen molar-refractivity contribution < 1.29 is 9.53 Å². The van der Waals surface area contributed by atoms with Crippen molar-refractivity contribution in [1.29, 1.82) is 0 Å². The number of carbonyl (C=O) groups excluding carboxylic acids is 1. The molecule has 0 saturated carbocycles. The van der Waals surface area contributed by atoms with Crippen molar-refractivity contribution in [2.45, 2.75) is 32.8 Å². The van der Waals surface area contributed by atoms with Crippen molar-refractivity contribution in [3.63, 3.8) is 0 Å². The lowest BCUT2D eigenvalue weighted by Crippen LogP contribution is -2.32. The molecule has 1 aromatic rings. The molecule has 0 bridgehead atoms. The maximum atomic E-state index is 11.3. The third kappa shape index (κ3) is 6.68. The smallest absolute Gasteiger partial charge is 0.407 e. The van der Waals surface area contributed by atoms with E-state index in [4.69, 9.17) is 16.3 Å². The van der Waals surface area contributed by atoms with Gasteiger partial charge in [0.2, 0.25) is 0 Å².